The summed E-state index contributed by atoms with van der Waals surface area (Å²) in [5.41, 5.74) is 2.54. The van der Waals surface area contributed by atoms with Crippen LogP contribution in [0.15, 0.2) is 30.3 Å². The Bertz CT molecular complexity index is 653. The van der Waals surface area contributed by atoms with Crippen molar-refractivity contribution >= 4 is 16.8 Å². The van der Waals surface area contributed by atoms with Gasteiger partial charge in [0.05, 0.1) is 11.1 Å². The molecule has 1 atom stereocenters. The fraction of sp³-hybridized carbons (Fsp3) is 0.375. The minimum Gasteiger partial charge on any atom is -0.333 e. The molecule has 0 unspecified atom stereocenters. The van der Waals surface area contributed by atoms with Gasteiger partial charge in [0, 0.05) is 36.8 Å². The van der Waals surface area contributed by atoms with Gasteiger partial charge in [-0.3, -0.25) is 9.78 Å². The summed E-state index contributed by atoms with van der Waals surface area (Å²) in [6.07, 6.45) is 0. The number of rotatable bonds is 1. The second-order valence-electron chi connectivity index (χ2n) is 5.38. The molecule has 1 saturated heterocycles. The van der Waals surface area contributed by atoms with Gasteiger partial charge in [0.15, 0.2) is 0 Å². The third-order valence-electron chi connectivity index (χ3n) is 3.84. The Morgan fingerprint density at radius 3 is 3.00 bits per heavy atom. The summed E-state index contributed by atoms with van der Waals surface area (Å²) < 4.78 is 0. The number of aryl methyl sites for hydroxylation is 1. The van der Waals surface area contributed by atoms with Crippen LogP contribution in [0, 0.1) is 6.92 Å². The van der Waals surface area contributed by atoms with E-state index >= 15 is 0 Å². The first kappa shape index (κ1) is 13.1. The summed E-state index contributed by atoms with van der Waals surface area (Å²) >= 11 is 0. The molecule has 1 aliphatic heterocycles. The number of hydrogen-bond acceptors (Lipinski definition) is 3. The van der Waals surface area contributed by atoms with Crippen LogP contribution in [0.25, 0.3) is 10.9 Å². The molecule has 3 rings (SSSR count). The van der Waals surface area contributed by atoms with Crippen molar-refractivity contribution in [3.05, 3.63) is 41.6 Å². The highest BCUT2D eigenvalue weighted by molar-refractivity contribution is 6.06. The molecule has 2 heterocycles. The van der Waals surface area contributed by atoms with Crippen LogP contribution in [-0.4, -0.2) is 41.5 Å². The highest BCUT2D eigenvalue weighted by atomic mass is 16.2. The SMILES string of the molecule is Cc1cc(C(=O)N2CCNC[C@H]2C)c2ccccc2n1. The maximum absolute atomic E-state index is 12.8. The van der Waals surface area contributed by atoms with E-state index in [0.29, 0.717) is 0 Å². The van der Waals surface area contributed by atoms with Gasteiger partial charge in [-0.1, -0.05) is 18.2 Å². The van der Waals surface area contributed by atoms with Gasteiger partial charge < -0.3 is 10.2 Å². The maximum atomic E-state index is 12.8. The van der Waals surface area contributed by atoms with Crippen molar-refractivity contribution in [2.75, 3.05) is 19.6 Å². The van der Waals surface area contributed by atoms with Crippen molar-refractivity contribution in [3.8, 4) is 0 Å². The summed E-state index contributed by atoms with van der Waals surface area (Å²) in [7, 11) is 0. The van der Waals surface area contributed by atoms with Crippen molar-refractivity contribution in [1.82, 2.24) is 15.2 Å². The molecule has 1 aromatic heterocycles. The summed E-state index contributed by atoms with van der Waals surface area (Å²) in [6, 6.07) is 9.97. The molecule has 0 bridgehead atoms. The van der Waals surface area contributed by atoms with Gasteiger partial charge in [-0.05, 0) is 26.0 Å². The number of fused-ring (bicyclic) bond motifs is 1. The Kier molecular flexibility index (Phi) is 3.40. The van der Waals surface area contributed by atoms with Crippen LogP contribution in [-0.2, 0) is 0 Å². The lowest BCUT2D eigenvalue weighted by Gasteiger charge is -2.34. The first-order valence-corrected chi connectivity index (χ1v) is 7.05. The lowest BCUT2D eigenvalue weighted by atomic mass is 10.0. The standard InChI is InChI=1S/C16H19N3O/c1-11-9-14(13-5-3-4-6-15(13)18-11)16(20)19-8-7-17-10-12(19)2/h3-6,9,12,17H,7-8,10H2,1-2H3/t12-/m1/s1. The molecule has 4 heteroatoms. The number of nitrogens with zero attached hydrogens (tertiary/aromatic N) is 2. The molecular formula is C16H19N3O. The summed E-state index contributed by atoms with van der Waals surface area (Å²) in [6.45, 7) is 6.49. The number of benzene rings is 1. The van der Waals surface area contributed by atoms with E-state index in [1.165, 1.54) is 0 Å². The van der Waals surface area contributed by atoms with Crippen LogP contribution in [0.4, 0.5) is 0 Å². The zero-order valence-corrected chi connectivity index (χ0v) is 11.9. The number of para-hydroxylation sites is 1. The van der Waals surface area contributed by atoms with E-state index in [9.17, 15) is 4.79 Å². The number of carbonyl (C=O) groups excluding carboxylic acids is 1. The molecule has 1 amide bonds. The highest BCUT2D eigenvalue weighted by Gasteiger charge is 2.25. The van der Waals surface area contributed by atoms with Crippen LogP contribution in [0.2, 0.25) is 0 Å². The van der Waals surface area contributed by atoms with Crippen LogP contribution in [0.5, 0.6) is 0 Å². The number of pyridine rings is 1. The quantitative estimate of drug-likeness (QED) is 0.861. The molecule has 1 aliphatic rings. The monoisotopic (exact) mass is 269 g/mol. The molecule has 4 nitrogen and oxygen atoms in total. The third-order valence-corrected chi connectivity index (χ3v) is 3.84. The third kappa shape index (κ3) is 2.27. The molecule has 1 fully saturated rings. The van der Waals surface area contributed by atoms with Crippen molar-refractivity contribution in [2.45, 2.75) is 19.9 Å². The van der Waals surface area contributed by atoms with Gasteiger partial charge in [0.25, 0.3) is 5.91 Å². The Hall–Kier alpha value is -1.94. The topological polar surface area (TPSA) is 45.2 Å². The fourth-order valence-electron chi connectivity index (χ4n) is 2.78. The van der Waals surface area contributed by atoms with E-state index in [-0.39, 0.29) is 11.9 Å². The number of nitrogens with one attached hydrogen (secondary N) is 1. The Labute approximate surface area is 118 Å². The Morgan fingerprint density at radius 2 is 2.20 bits per heavy atom. The van der Waals surface area contributed by atoms with E-state index in [2.05, 4.69) is 17.2 Å². The first-order valence-electron chi connectivity index (χ1n) is 7.05. The van der Waals surface area contributed by atoms with Crippen LogP contribution < -0.4 is 5.32 Å². The molecule has 2 aromatic rings. The lowest BCUT2D eigenvalue weighted by Crippen LogP contribution is -2.52. The average Bonchev–Trinajstić information content (AvgIpc) is 2.46. The number of piperazine rings is 1. The minimum atomic E-state index is 0.112. The van der Waals surface area contributed by atoms with Gasteiger partial charge in [0.2, 0.25) is 0 Å². The normalized spacial score (nSPS) is 19.3. The lowest BCUT2D eigenvalue weighted by molar-refractivity contribution is 0.0657. The maximum Gasteiger partial charge on any atom is 0.254 e. The first-order chi connectivity index (χ1) is 9.66. The van der Waals surface area contributed by atoms with Crippen molar-refractivity contribution < 1.29 is 4.79 Å². The van der Waals surface area contributed by atoms with E-state index in [1.54, 1.807) is 0 Å². The Balaban J connectivity index is 2.06. The molecule has 0 radical (unpaired) electrons. The number of amides is 1. The smallest absolute Gasteiger partial charge is 0.254 e. The van der Waals surface area contributed by atoms with E-state index in [4.69, 9.17) is 0 Å². The van der Waals surface area contributed by atoms with Crippen molar-refractivity contribution in [2.24, 2.45) is 0 Å². The summed E-state index contributed by atoms with van der Waals surface area (Å²) in [5, 5.41) is 4.25. The minimum absolute atomic E-state index is 0.112. The molecule has 104 valence electrons. The van der Waals surface area contributed by atoms with E-state index in [0.717, 1.165) is 41.8 Å². The molecule has 1 N–H and O–H groups in total. The number of carbonyl (C=O) groups is 1. The van der Waals surface area contributed by atoms with Gasteiger partial charge in [-0.15, -0.1) is 0 Å². The average molecular weight is 269 g/mol. The van der Waals surface area contributed by atoms with Gasteiger partial charge >= 0.3 is 0 Å². The van der Waals surface area contributed by atoms with Crippen LogP contribution in [0.1, 0.15) is 23.0 Å². The largest absolute Gasteiger partial charge is 0.333 e. The fourth-order valence-corrected chi connectivity index (χ4v) is 2.78. The van der Waals surface area contributed by atoms with Crippen molar-refractivity contribution in [3.63, 3.8) is 0 Å². The number of aromatic nitrogens is 1. The molecular weight excluding hydrogens is 250 g/mol. The summed E-state index contributed by atoms with van der Waals surface area (Å²) in [4.78, 5) is 19.3. The van der Waals surface area contributed by atoms with Gasteiger partial charge in [0.1, 0.15) is 0 Å². The summed E-state index contributed by atoms with van der Waals surface area (Å²) in [5.74, 6) is 0.112. The van der Waals surface area contributed by atoms with Gasteiger partial charge in [-0.25, -0.2) is 0 Å². The van der Waals surface area contributed by atoms with E-state index in [1.807, 2.05) is 42.2 Å². The number of hydrogen-bond donors (Lipinski definition) is 1. The van der Waals surface area contributed by atoms with Gasteiger partial charge in [-0.2, -0.15) is 0 Å². The second kappa shape index (κ2) is 5.21. The molecule has 20 heavy (non-hydrogen) atoms. The highest BCUT2D eigenvalue weighted by Crippen LogP contribution is 2.21. The predicted molar refractivity (Wildman–Crippen MR) is 79.8 cm³/mol. The molecule has 0 saturated carbocycles. The zero-order chi connectivity index (χ0) is 14.1. The van der Waals surface area contributed by atoms with Crippen molar-refractivity contribution in [1.29, 1.82) is 0 Å². The van der Waals surface area contributed by atoms with Crippen LogP contribution >= 0.6 is 0 Å². The van der Waals surface area contributed by atoms with E-state index < -0.39 is 0 Å². The second-order valence-corrected chi connectivity index (χ2v) is 5.38. The van der Waals surface area contributed by atoms with Crippen LogP contribution in [0.3, 0.4) is 0 Å². The molecule has 0 spiro atoms. The Morgan fingerprint density at radius 1 is 1.40 bits per heavy atom. The zero-order valence-electron chi connectivity index (χ0n) is 11.9. The molecule has 0 aliphatic carbocycles. The molecule has 1 aromatic carbocycles. The predicted octanol–water partition coefficient (Wildman–Crippen LogP) is 1.98.